The van der Waals surface area contributed by atoms with Crippen LogP contribution in [0.1, 0.15) is 29.7 Å². The van der Waals surface area contributed by atoms with Gasteiger partial charge < -0.3 is 5.11 Å². The van der Waals surface area contributed by atoms with Gasteiger partial charge in [-0.3, -0.25) is 0 Å². The van der Waals surface area contributed by atoms with Crippen molar-refractivity contribution in [3.05, 3.63) is 57.8 Å². The van der Waals surface area contributed by atoms with Crippen molar-refractivity contribution in [2.75, 3.05) is 0 Å². The minimum Gasteiger partial charge on any atom is -0.388 e. The molecule has 0 fully saturated rings. The highest BCUT2D eigenvalue weighted by Gasteiger charge is 2.08. The van der Waals surface area contributed by atoms with Gasteiger partial charge in [0.05, 0.1) is 6.10 Å². The molecule has 1 aromatic heterocycles. The Kier molecular flexibility index (Phi) is 3.75. The quantitative estimate of drug-likeness (QED) is 0.854. The number of rotatable bonds is 4. The summed E-state index contributed by atoms with van der Waals surface area (Å²) in [5.74, 6) is 0. The molecule has 2 aromatic rings. The van der Waals surface area contributed by atoms with Gasteiger partial charge in [-0.2, -0.15) is 11.3 Å². The summed E-state index contributed by atoms with van der Waals surface area (Å²) in [6, 6.07) is 10.3. The molecule has 0 saturated heterocycles. The van der Waals surface area contributed by atoms with Gasteiger partial charge >= 0.3 is 0 Å². The van der Waals surface area contributed by atoms with Gasteiger partial charge in [0, 0.05) is 6.42 Å². The Bertz CT molecular complexity index is 434. The third kappa shape index (κ3) is 2.71. The molecule has 1 unspecified atom stereocenters. The van der Waals surface area contributed by atoms with Gasteiger partial charge in [0.25, 0.3) is 0 Å². The molecule has 84 valence electrons. The molecule has 2 rings (SSSR count). The minimum absolute atomic E-state index is 0.388. The zero-order chi connectivity index (χ0) is 11.4. The van der Waals surface area contributed by atoms with Crippen LogP contribution in [-0.2, 0) is 12.8 Å². The summed E-state index contributed by atoms with van der Waals surface area (Å²) >= 11 is 1.67. The van der Waals surface area contributed by atoms with Crippen LogP contribution in [-0.4, -0.2) is 5.11 Å². The van der Waals surface area contributed by atoms with Crippen molar-refractivity contribution in [2.24, 2.45) is 0 Å². The lowest BCUT2D eigenvalue weighted by molar-refractivity contribution is 0.178. The van der Waals surface area contributed by atoms with Gasteiger partial charge in [-0.1, -0.05) is 31.2 Å². The Morgan fingerprint density at radius 1 is 1.25 bits per heavy atom. The molecular formula is C14H16OS. The second-order valence-electron chi connectivity index (χ2n) is 3.95. The van der Waals surface area contributed by atoms with Crippen LogP contribution in [0.3, 0.4) is 0 Å². The van der Waals surface area contributed by atoms with Gasteiger partial charge in [-0.25, -0.2) is 0 Å². The average Bonchev–Trinajstić information content (AvgIpc) is 2.82. The fraction of sp³-hybridized carbons (Fsp3) is 0.286. The Hall–Kier alpha value is -1.12. The van der Waals surface area contributed by atoms with Crippen LogP contribution in [0.15, 0.2) is 41.1 Å². The molecule has 0 radical (unpaired) electrons. The number of hydrogen-bond donors (Lipinski definition) is 1. The summed E-state index contributed by atoms with van der Waals surface area (Å²) in [4.78, 5) is 0. The Morgan fingerprint density at radius 2 is 2.12 bits per heavy atom. The second kappa shape index (κ2) is 5.28. The van der Waals surface area contributed by atoms with Crippen LogP contribution in [0, 0.1) is 0 Å². The highest BCUT2D eigenvalue weighted by atomic mass is 32.1. The van der Waals surface area contributed by atoms with Crippen LogP contribution in [0.5, 0.6) is 0 Å². The third-order valence-electron chi connectivity index (χ3n) is 2.75. The van der Waals surface area contributed by atoms with Crippen molar-refractivity contribution in [2.45, 2.75) is 25.9 Å². The van der Waals surface area contributed by atoms with Crippen molar-refractivity contribution in [1.82, 2.24) is 0 Å². The van der Waals surface area contributed by atoms with Gasteiger partial charge in [0.15, 0.2) is 0 Å². The van der Waals surface area contributed by atoms with Crippen molar-refractivity contribution >= 4 is 11.3 Å². The van der Waals surface area contributed by atoms with E-state index in [1.54, 1.807) is 11.3 Å². The number of benzene rings is 1. The number of aryl methyl sites for hydroxylation is 1. The molecule has 1 nitrogen and oxygen atoms in total. The molecule has 2 heteroatoms. The van der Waals surface area contributed by atoms with Crippen LogP contribution in [0.4, 0.5) is 0 Å². The van der Waals surface area contributed by atoms with Crippen molar-refractivity contribution < 1.29 is 5.11 Å². The maximum Gasteiger partial charge on any atom is 0.0830 e. The average molecular weight is 232 g/mol. The summed E-state index contributed by atoms with van der Waals surface area (Å²) in [7, 11) is 0. The largest absolute Gasteiger partial charge is 0.388 e. The van der Waals surface area contributed by atoms with Crippen molar-refractivity contribution in [3.8, 4) is 0 Å². The van der Waals surface area contributed by atoms with Crippen molar-refractivity contribution in [1.29, 1.82) is 0 Å². The number of aliphatic hydroxyl groups excluding tert-OH is 1. The SMILES string of the molecule is CCc1cccc(C(O)Cc2ccsc2)c1. The number of aliphatic hydroxyl groups is 1. The molecule has 0 aliphatic carbocycles. The van der Waals surface area contributed by atoms with Gasteiger partial charge in [-0.05, 0) is 39.9 Å². The topological polar surface area (TPSA) is 20.2 Å². The van der Waals surface area contributed by atoms with Crippen molar-refractivity contribution in [3.63, 3.8) is 0 Å². The van der Waals surface area contributed by atoms with E-state index in [-0.39, 0.29) is 6.10 Å². The molecule has 1 atom stereocenters. The van der Waals surface area contributed by atoms with E-state index < -0.39 is 0 Å². The second-order valence-corrected chi connectivity index (χ2v) is 4.73. The molecule has 0 amide bonds. The summed E-state index contributed by atoms with van der Waals surface area (Å²) in [6.07, 6.45) is 1.33. The van der Waals surface area contributed by atoms with E-state index in [2.05, 4.69) is 30.5 Å². The lowest BCUT2D eigenvalue weighted by Crippen LogP contribution is -2.01. The third-order valence-corrected chi connectivity index (χ3v) is 3.49. The standard InChI is InChI=1S/C14H16OS/c1-2-11-4-3-5-13(8-11)14(15)9-12-6-7-16-10-12/h3-8,10,14-15H,2,9H2,1H3. The first-order valence-electron chi connectivity index (χ1n) is 5.57. The molecule has 0 aliphatic heterocycles. The molecule has 16 heavy (non-hydrogen) atoms. The van der Waals surface area contributed by atoms with Crippen LogP contribution >= 0.6 is 11.3 Å². The highest BCUT2D eigenvalue weighted by Crippen LogP contribution is 2.20. The van der Waals surface area contributed by atoms with E-state index in [9.17, 15) is 5.11 Å². The van der Waals surface area contributed by atoms with E-state index in [1.165, 1.54) is 11.1 Å². The maximum atomic E-state index is 10.1. The Labute approximate surface area is 100 Å². The highest BCUT2D eigenvalue weighted by molar-refractivity contribution is 7.07. The molecule has 1 N–H and O–H groups in total. The normalized spacial score (nSPS) is 12.6. The Morgan fingerprint density at radius 3 is 2.81 bits per heavy atom. The van der Waals surface area contributed by atoms with Crippen LogP contribution < -0.4 is 0 Å². The van der Waals surface area contributed by atoms with Gasteiger partial charge in [-0.15, -0.1) is 0 Å². The first-order chi connectivity index (χ1) is 7.79. The summed E-state index contributed by atoms with van der Waals surface area (Å²) in [5.41, 5.74) is 3.51. The lowest BCUT2D eigenvalue weighted by Gasteiger charge is -2.11. The van der Waals surface area contributed by atoms with Crippen LogP contribution in [0.2, 0.25) is 0 Å². The summed E-state index contributed by atoms with van der Waals surface area (Å²) < 4.78 is 0. The molecule has 0 spiro atoms. The van der Waals surface area contributed by atoms with E-state index in [1.807, 2.05) is 17.5 Å². The van der Waals surface area contributed by atoms with E-state index in [0.29, 0.717) is 6.42 Å². The van der Waals surface area contributed by atoms with Gasteiger partial charge in [0.1, 0.15) is 0 Å². The first-order valence-corrected chi connectivity index (χ1v) is 6.52. The molecular weight excluding hydrogens is 216 g/mol. The monoisotopic (exact) mass is 232 g/mol. The van der Waals surface area contributed by atoms with E-state index >= 15 is 0 Å². The van der Waals surface area contributed by atoms with Gasteiger partial charge in [0.2, 0.25) is 0 Å². The Balaban J connectivity index is 2.11. The van der Waals surface area contributed by atoms with E-state index in [0.717, 1.165) is 12.0 Å². The molecule has 0 aliphatic rings. The fourth-order valence-corrected chi connectivity index (χ4v) is 2.45. The predicted octanol–water partition coefficient (Wildman–Crippen LogP) is 3.59. The van der Waals surface area contributed by atoms with Crippen LogP contribution in [0.25, 0.3) is 0 Å². The molecule has 0 saturated carbocycles. The summed E-state index contributed by atoms with van der Waals surface area (Å²) in [6.45, 7) is 2.13. The maximum absolute atomic E-state index is 10.1. The number of thiophene rings is 1. The fourth-order valence-electron chi connectivity index (χ4n) is 1.77. The molecule has 0 bridgehead atoms. The minimum atomic E-state index is -0.388. The molecule has 1 aromatic carbocycles. The number of hydrogen-bond acceptors (Lipinski definition) is 2. The predicted molar refractivity (Wildman–Crippen MR) is 68.8 cm³/mol. The summed E-state index contributed by atoms with van der Waals surface area (Å²) in [5, 5.41) is 14.3. The zero-order valence-corrected chi connectivity index (χ0v) is 10.2. The molecule has 1 heterocycles. The zero-order valence-electron chi connectivity index (χ0n) is 9.39. The first kappa shape index (κ1) is 11.4. The smallest absolute Gasteiger partial charge is 0.0830 e. The van der Waals surface area contributed by atoms with E-state index in [4.69, 9.17) is 0 Å². The lowest BCUT2D eigenvalue weighted by atomic mass is 10.0.